The molecule has 4 heteroatoms. The fraction of sp³-hybridized carbons (Fsp3) is 1.00. The van der Waals surface area contributed by atoms with Crippen LogP contribution in [0.25, 0.3) is 0 Å². The van der Waals surface area contributed by atoms with Crippen molar-refractivity contribution in [1.29, 1.82) is 0 Å². The Morgan fingerprint density at radius 3 is 1.22 bits per heavy atom. The summed E-state index contributed by atoms with van der Waals surface area (Å²) in [5, 5.41) is 0. The molecule has 0 saturated carbocycles. The lowest BCUT2D eigenvalue weighted by molar-refractivity contribution is 0.309. The van der Waals surface area contributed by atoms with E-state index in [0.29, 0.717) is 0 Å². The van der Waals surface area contributed by atoms with Crippen LogP contribution >= 0.6 is 0 Å². The summed E-state index contributed by atoms with van der Waals surface area (Å²) >= 11 is 0. The van der Waals surface area contributed by atoms with Crippen LogP contribution in [0, 0.1) is 0 Å². The van der Waals surface area contributed by atoms with Gasteiger partial charge in [0, 0.05) is 14.2 Å². The molecule has 0 saturated heterocycles. The highest BCUT2D eigenvalue weighted by Gasteiger charge is 1.67. The molecule has 0 aliphatic rings. The van der Waals surface area contributed by atoms with Crippen molar-refractivity contribution in [3.63, 3.8) is 0 Å². The molecule has 0 aromatic heterocycles. The molecule has 0 aliphatic carbocycles. The van der Waals surface area contributed by atoms with Gasteiger partial charge in [0.25, 0.3) is 0 Å². The third kappa shape index (κ3) is 68.5. The fourth-order valence-corrected chi connectivity index (χ4v) is 0.354. The van der Waals surface area contributed by atoms with E-state index in [4.69, 9.17) is 0 Å². The number of hydrogen-bond donors (Lipinski definition) is 0. The Morgan fingerprint density at radius 1 is 1.00 bits per heavy atom. The first-order chi connectivity index (χ1) is 4.15. The van der Waals surface area contributed by atoms with Gasteiger partial charge in [0.05, 0.1) is 0 Å². The summed E-state index contributed by atoms with van der Waals surface area (Å²) in [6, 6.07) is 0. The van der Waals surface area contributed by atoms with Crippen LogP contribution in [-0.4, -0.2) is 50.3 Å². The summed E-state index contributed by atoms with van der Waals surface area (Å²) < 4.78 is 9.22. The van der Waals surface area contributed by atoms with Crippen LogP contribution in [0.15, 0.2) is 0 Å². The molecule has 0 amide bonds. The lowest BCUT2D eigenvalue weighted by Gasteiger charge is -1.90. The molecular weight excluding hydrogens is 134 g/mol. The van der Waals surface area contributed by atoms with Crippen molar-refractivity contribution in [3.8, 4) is 0 Å². The molecule has 0 radical (unpaired) electrons. The van der Waals surface area contributed by atoms with Crippen molar-refractivity contribution in [1.82, 2.24) is 4.90 Å². The summed E-state index contributed by atoms with van der Waals surface area (Å²) in [5.41, 5.74) is 0. The van der Waals surface area contributed by atoms with Gasteiger partial charge in [-0.05, 0) is 21.1 Å². The first-order valence-corrected chi connectivity index (χ1v) is 3.89. The van der Waals surface area contributed by atoms with Gasteiger partial charge in [0.15, 0.2) is 0 Å². The fourth-order valence-electron chi connectivity index (χ4n) is 0.118. The molecule has 9 heavy (non-hydrogen) atoms. The Balaban J connectivity index is 0. The van der Waals surface area contributed by atoms with Gasteiger partial charge < -0.3 is 13.8 Å². The second-order valence-corrected chi connectivity index (χ2v) is 3.43. The van der Waals surface area contributed by atoms with E-state index in [1.54, 1.807) is 14.2 Å². The van der Waals surface area contributed by atoms with Gasteiger partial charge in [-0.15, -0.1) is 0 Å². The highest BCUT2D eigenvalue weighted by atomic mass is 28.3. The molecular formula is C5H17NO2Si. The molecule has 58 valence electrons. The Kier molecular flexibility index (Phi) is 14.4. The van der Waals surface area contributed by atoms with Crippen LogP contribution in [0.4, 0.5) is 0 Å². The lowest BCUT2D eigenvalue weighted by atomic mass is 11.0. The smallest absolute Gasteiger partial charge is 0.303 e. The maximum absolute atomic E-state index is 4.61. The molecule has 3 nitrogen and oxygen atoms in total. The highest BCUT2D eigenvalue weighted by Crippen LogP contribution is 1.55. The molecule has 0 aromatic carbocycles. The van der Waals surface area contributed by atoms with Crippen molar-refractivity contribution in [3.05, 3.63) is 0 Å². The molecule has 0 spiro atoms. The summed E-state index contributed by atoms with van der Waals surface area (Å²) in [5.74, 6) is 0. The van der Waals surface area contributed by atoms with E-state index in [0.717, 1.165) is 0 Å². The van der Waals surface area contributed by atoms with Crippen molar-refractivity contribution in [2.45, 2.75) is 0 Å². The van der Waals surface area contributed by atoms with Crippen LogP contribution in [0.5, 0.6) is 0 Å². The zero-order valence-corrected chi connectivity index (χ0v) is 8.39. The largest absolute Gasteiger partial charge is 0.402 e. The van der Waals surface area contributed by atoms with Gasteiger partial charge in [0.2, 0.25) is 0 Å². The van der Waals surface area contributed by atoms with Gasteiger partial charge in [-0.2, -0.15) is 0 Å². The van der Waals surface area contributed by atoms with Gasteiger partial charge in [-0.1, -0.05) is 0 Å². The number of hydrogen-bond acceptors (Lipinski definition) is 3. The maximum atomic E-state index is 4.61. The lowest BCUT2D eigenvalue weighted by Crippen LogP contribution is -1.99. The zero-order valence-electron chi connectivity index (χ0n) is 6.97. The zero-order chi connectivity index (χ0) is 7.70. The number of nitrogens with zero attached hydrogens (tertiary/aromatic N) is 1. The molecule has 0 rings (SSSR count). The van der Waals surface area contributed by atoms with Crippen molar-refractivity contribution < 1.29 is 8.85 Å². The Bertz CT molecular complexity index is 39.2. The third-order valence-electron chi connectivity index (χ3n) is 0.236. The second kappa shape index (κ2) is 11.0. The van der Waals surface area contributed by atoms with E-state index in [9.17, 15) is 0 Å². The first-order valence-electron chi connectivity index (χ1n) is 2.74. The topological polar surface area (TPSA) is 21.7 Å². The normalized spacial score (nSPS) is 8.67. The van der Waals surface area contributed by atoms with E-state index in [2.05, 4.69) is 8.85 Å². The minimum Gasteiger partial charge on any atom is -0.402 e. The molecule has 0 atom stereocenters. The summed E-state index contributed by atoms with van der Waals surface area (Å²) in [4.78, 5) is 2.00. The molecule has 0 aromatic rings. The first kappa shape index (κ1) is 11.8. The van der Waals surface area contributed by atoms with Crippen LogP contribution < -0.4 is 0 Å². The third-order valence-corrected chi connectivity index (χ3v) is 0.707. The summed E-state index contributed by atoms with van der Waals surface area (Å²) in [6.45, 7) is 0. The summed E-state index contributed by atoms with van der Waals surface area (Å²) in [7, 11) is 8.73. The molecule has 0 unspecified atom stereocenters. The van der Waals surface area contributed by atoms with Crippen molar-refractivity contribution >= 4 is 10.0 Å². The van der Waals surface area contributed by atoms with E-state index in [-0.39, 0.29) is 0 Å². The van der Waals surface area contributed by atoms with Gasteiger partial charge in [0.1, 0.15) is 0 Å². The van der Waals surface area contributed by atoms with Crippen LogP contribution in [-0.2, 0) is 8.85 Å². The quantitative estimate of drug-likeness (QED) is 0.495. The monoisotopic (exact) mass is 151 g/mol. The molecule has 0 fully saturated rings. The van der Waals surface area contributed by atoms with E-state index in [1.165, 1.54) is 0 Å². The van der Waals surface area contributed by atoms with Crippen LogP contribution in [0.3, 0.4) is 0 Å². The predicted octanol–water partition coefficient (Wildman–Crippen LogP) is -0.544. The molecule has 0 heterocycles. The Hall–Kier alpha value is 0.0969. The van der Waals surface area contributed by atoms with Gasteiger partial charge in [-0.25, -0.2) is 0 Å². The average Bonchev–Trinajstić information content (AvgIpc) is 1.66. The van der Waals surface area contributed by atoms with Crippen LogP contribution in [0.2, 0.25) is 0 Å². The minimum absolute atomic E-state index is 0.568. The number of rotatable bonds is 2. The second-order valence-electron chi connectivity index (χ2n) is 2.04. The Morgan fingerprint density at radius 2 is 1.22 bits per heavy atom. The van der Waals surface area contributed by atoms with E-state index >= 15 is 0 Å². The van der Waals surface area contributed by atoms with Crippen molar-refractivity contribution in [2.75, 3.05) is 35.4 Å². The highest BCUT2D eigenvalue weighted by molar-refractivity contribution is 6.17. The minimum atomic E-state index is -0.568. The SMILES string of the molecule is CN(C)C.CO[SiH2]OC. The average molecular weight is 151 g/mol. The predicted molar refractivity (Wildman–Crippen MR) is 42.2 cm³/mol. The van der Waals surface area contributed by atoms with E-state index < -0.39 is 10.0 Å². The van der Waals surface area contributed by atoms with Gasteiger partial charge >= 0.3 is 10.0 Å². The van der Waals surface area contributed by atoms with Gasteiger partial charge in [-0.3, -0.25) is 0 Å². The summed E-state index contributed by atoms with van der Waals surface area (Å²) in [6.07, 6.45) is 0. The maximum Gasteiger partial charge on any atom is 0.303 e. The molecule has 0 aliphatic heterocycles. The van der Waals surface area contributed by atoms with Crippen LogP contribution in [0.1, 0.15) is 0 Å². The van der Waals surface area contributed by atoms with Crippen molar-refractivity contribution in [2.24, 2.45) is 0 Å². The Labute approximate surface area is 60.0 Å². The van der Waals surface area contributed by atoms with E-state index in [1.807, 2.05) is 26.0 Å². The standard InChI is InChI=1S/C3H9N.C2H8O2Si/c1-4(2)3;1-3-5-4-2/h1-3H3;5H2,1-2H3. The molecule has 0 N–H and O–H groups in total. The molecule has 0 bridgehead atoms.